The second kappa shape index (κ2) is 10.1. The van der Waals surface area contributed by atoms with Crippen LogP contribution in [0.3, 0.4) is 0 Å². The number of guanidine groups is 1. The molecule has 0 bridgehead atoms. The lowest BCUT2D eigenvalue weighted by molar-refractivity contribution is 0.0963. The molecular weight excluding hydrogens is 467 g/mol. The summed E-state index contributed by atoms with van der Waals surface area (Å²) in [6.07, 6.45) is 0. The molecule has 1 aromatic heterocycles. The molecule has 0 aliphatic rings. The number of nitrogens with zero attached hydrogens (tertiary/aromatic N) is 1. The number of hydrogen-bond acceptors (Lipinski definition) is 3. The number of nitrogens with one attached hydrogen (secondary N) is 3. The smallest absolute Gasteiger partial charge is 0.251 e. The Morgan fingerprint density at radius 1 is 1.04 bits per heavy atom. The van der Waals surface area contributed by atoms with Crippen molar-refractivity contribution in [3.8, 4) is 0 Å². The molecule has 0 unspecified atom stereocenters. The summed E-state index contributed by atoms with van der Waals surface area (Å²) in [6, 6.07) is 15.5. The van der Waals surface area contributed by atoms with Gasteiger partial charge < -0.3 is 20.4 Å². The Hall–Kier alpha value is -2.55. The Morgan fingerprint density at radius 3 is 2.36 bits per heavy atom. The molecule has 0 aliphatic heterocycles. The van der Waals surface area contributed by atoms with Crippen molar-refractivity contribution in [1.82, 2.24) is 16.0 Å². The van der Waals surface area contributed by atoms with Crippen molar-refractivity contribution in [3.63, 3.8) is 0 Å². The molecule has 0 fully saturated rings. The van der Waals surface area contributed by atoms with E-state index in [-0.39, 0.29) is 29.9 Å². The standard InChI is InChI=1S/C21H24N4O2.HI/c1-14-17-6-4-5-7-18(17)27-19(14)13-25-21(23-3)24-12-15-8-10-16(11-9-15)20(26)22-2;/h4-11H,12-13H2,1-3H3,(H,22,26)(H2,23,24,25);1H. The van der Waals surface area contributed by atoms with Crippen LogP contribution in [0.5, 0.6) is 0 Å². The van der Waals surface area contributed by atoms with Gasteiger partial charge in [-0.3, -0.25) is 9.79 Å². The predicted octanol–water partition coefficient (Wildman–Crippen LogP) is 3.58. The van der Waals surface area contributed by atoms with E-state index < -0.39 is 0 Å². The lowest BCUT2D eigenvalue weighted by atomic mass is 10.1. The maximum absolute atomic E-state index is 11.6. The van der Waals surface area contributed by atoms with Gasteiger partial charge in [0.25, 0.3) is 5.91 Å². The molecule has 0 spiro atoms. The molecule has 3 rings (SSSR count). The van der Waals surface area contributed by atoms with Gasteiger partial charge in [-0.15, -0.1) is 24.0 Å². The molecule has 148 valence electrons. The van der Waals surface area contributed by atoms with Gasteiger partial charge in [0.15, 0.2) is 5.96 Å². The van der Waals surface area contributed by atoms with Crippen LogP contribution >= 0.6 is 24.0 Å². The third-order valence-electron chi connectivity index (χ3n) is 4.49. The van der Waals surface area contributed by atoms with Crippen LogP contribution in [0.1, 0.15) is 27.2 Å². The first-order chi connectivity index (χ1) is 13.1. The van der Waals surface area contributed by atoms with E-state index in [9.17, 15) is 4.79 Å². The van der Waals surface area contributed by atoms with Crippen molar-refractivity contribution in [2.24, 2.45) is 4.99 Å². The number of para-hydroxylation sites is 1. The second-order valence-electron chi connectivity index (χ2n) is 6.20. The molecule has 0 atom stereocenters. The van der Waals surface area contributed by atoms with Crippen LogP contribution in [0.25, 0.3) is 11.0 Å². The molecule has 28 heavy (non-hydrogen) atoms. The number of carbonyl (C=O) groups excluding carboxylic acids is 1. The third kappa shape index (κ3) is 5.03. The quantitative estimate of drug-likeness (QED) is 0.289. The Morgan fingerprint density at radius 2 is 1.71 bits per heavy atom. The van der Waals surface area contributed by atoms with Crippen molar-refractivity contribution in [1.29, 1.82) is 0 Å². The van der Waals surface area contributed by atoms with Gasteiger partial charge in [0.05, 0.1) is 6.54 Å². The zero-order chi connectivity index (χ0) is 19.2. The highest BCUT2D eigenvalue weighted by Crippen LogP contribution is 2.24. The van der Waals surface area contributed by atoms with E-state index in [0.29, 0.717) is 24.6 Å². The molecule has 1 amide bonds. The van der Waals surface area contributed by atoms with Gasteiger partial charge in [-0.25, -0.2) is 0 Å². The Bertz CT molecular complexity index is 964. The first kappa shape index (κ1) is 21.7. The number of aliphatic imine (C=N–C) groups is 1. The molecule has 0 radical (unpaired) electrons. The van der Waals surface area contributed by atoms with Crippen LogP contribution in [0, 0.1) is 6.92 Å². The first-order valence-electron chi connectivity index (χ1n) is 8.85. The number of hydrogen-bond donors (Lipinski definition) is 3. The number of aryl methyl sites for hydroxylation is 1. The van der Waals surface area contributed by atoms with Gasteiger partial charge in [-0.05, 0) is 30.7 Å². The van der Waals surface area contributed by atoms with E-state index in [4.69, 9.17) is 4.42 Å². The predicted molar refractivity (Wildman–Crippen MR) is 123 cm³/mol. The molecule has 7 heteroatoms. The molecule has 0 aliphatic carbocycles. The van der Waals surface area contributed by atoms with Gasteiger partial charge in [-0.1, -0.05) is 30.3 Å². The van der Waals surface area contributed by atoms with Crippen LogP contribution in [0.4, 0.5) is 0 Å². The van der Waals surface area contributed by atoms with Crippen LogP contribution in [-0.4, -0.2) is 26.0 Å². The van der Waals surface area contributed by atoms with Gasteiger partial charge in [0, 0.05) is 37.2 Å². The van der Waals surface area contributed by atoms with Gasteiger partial charge in [0.2, 0.25) is 0 Å². The summed E-state index contributed by atoms with van der Waals surface area (Å²) in [7, 11) is 3.35. The molecule has 6 nitrogen and oxygen atoms in total. The Labute approximate surface area is 181 Å². The number of furan rings is 1. The van der Waals surface area contributed by atoms with Gasteiger partial charge in [-0.2, -0.15) is 0 Å². The molecule has 3 N–H and O–H groups in total. The Kier molecular flexibility index (Phi) is 7.86. The highest BCUT2D eigenvalue weighted by atomic mass is 127. The van der Waals surface area contributed by atoms with Crippen LogP contribution < -0.4 is 16.0 Å². The van der Waals surface area contributed by atoms with E-state index in [1.54, 1.807) is 14.1 Å². The van der Waals surface area contributed by atoms with Crippen LogP contribution in [0.15, 0.2) is 57.9 Å². The highest BCUT2D eigenvalue weighted by Gasteiger charge is 2.10. The topological polar surface area (TPSA) is 78.7 Å². The second-order valence-corrected chi connectivity index (χ2v) is 6.20. The number of benzene rings is 2. The van der Waals surface area contributed by atoms with E-state index >= 15 is 0 Å². The van der Waals surface area contributed by atoms with Gasteiger partial charge in [0.1, 0.15) is 11.3 Å². The zero-order valence-corrected chi connectivity index (χ0v) is 18.5. The molecule has 1 heterocycles. The fourth-order valence-corrected chi connectivity index (χ4v) is 2.88. The minimum absolute atomic E-state index is 0. The lowest BCUT2D eigenvalue weighted by Gasteiger charge is -2.11. The summed E-state index contributed by atoms with van der Waals surface area (Å²) in [5.74, 6) is 1.49. The summed E-state index contributed by atoms with van der Waals surface area (Å²) < 4.78 is 5.92. The van der Waals surface area contributed by atoms with Crippen molar-refractivity contribution in [2.75, 3.05) is 14.1 Å². The summed E-state index contributed by atoms with van der Waals surface area (Å²) in [4.78, 5) is 15.8. The summed E-state index contributed by atoms with van der Waals surface area (Å²) >= 11 is 0. The summed E-state index contributed by atoms with van der Waals surface area (Å²) in [5, 5.41) is 10.3. The molecule has 2 aromatic carbocycles. The summed E-state index contributed by atoms with van der Waals surface area (Å²) in [5.41, 5.74) is 3.74. The first-order valence-corrected chi connectivity index (χ1v) is 8.85. The monoisotopic (exact) mass is 492 g/mol. The zero-order valence-electron chi connectivity index (χ0n) is 16.2. The summed E-state index contributed by atoms with van der Waals surface area (Å²) in [6.45, 7) is 3.22. The molecule has 0 saturated heterocycles. The lowest BCUT2D eigenvalue weighted by Crippen LogP contribution is -2.36. The number of halogens is 1. The van der Waals surface area contributed by atoms with Crippen molar-refractivity contribution in [2.45, 2.75) is 20.0 Å². The van der Waals surface area contributed by atoms with E-state index in [0.717, 1.165) is 27.9 Å². The van der Waals surface area contributed by atoms with E-state index in [1.807, 2.05) is 42.5 Å². The van der Waals surface area contributed by atoms with E-state index in [2.05, 4.69) is 33.9 Å². The largest absolute Gasteiger partial charge is 0.459 e. The average Bonchev–Trinajstić information content (AvgIpc) is 3.04. The number of carbonyl (C=O) groups is 1. The number of fused-ring (bicyclic) bond motifs is 1. The van der Waals surface area contributed by atoms with Crippen molar-refractivity contribution >= 4 is 46.8 Å². The molecule has 3 aromatic rings. The SMILES string of the molecule is CN=C(NCc1ccc(C(=O)NC)cc1)NCc1oc2ccccc2c1C.I. The van der Waals surface area contributed by atoms with Crippen LogP contribution in [-0.2, 0) is 13.1 Å². The maximum atomic E-state index is 11.6. The normalized spacial score (nSPS) is 11.0. The van der Waals surface area contributed by atoms with Gasteiger partial charge >= 0.3 is 0 Å². The highest BCUT2D eigenvalue weighted by molar-refractivity contribution is 14.0. The third-order valence-corrected chi connectivity index (χ3v) is 4.49. The van der Waals surface area contributed by atoms with Crippen molar-refractivity contribution in [3.05, 3.63) is 71.0 Å². The van der Waals surface area contributed by atoms with Crippen molar-refractivity contribution < 1.29 is 9.21 Å². The minimum Gasteiger partial charge on any atom is -0.459 e. The fourth-order valence-electron chi connectivity index (χ4n) is 2.88. The number of rotatable bonds is 5. The van der Waals surface area contributed by atoms with Crippen LogP contribution in [0.2, 0.25) is 0 Å². The minimum atomic E-state index is -0.0896. The maximum Gasteiger partial charge on any atom is 0.251 e. The molecule has 0 saturated carbocycles. The average molecular weight is 492 g/mol. The fraction of sp³-hybridized carbons (Fsp3) is 0.238. The Balaban J connectivity index is 0.00000280. The van der Waals surface area contributed by atoms with E-state index in [1.165, 1.54) is 0 Å². The molecular formula is C21H25IN4O2. The number of amides is 1.